The Balaban J connectivity index is 2.26. The number of rotatable bonds is 3. The fourth-order valence-corrected chi connectivity index (χ4v) is 1.60. The predicted molar refractivity (Wildman–Crippen MR) is 48.2 cm³/mol. The van der Waals surface area contributed by atoms with Crippen molar-refractivity contribution in [2.75, 3.05) is 32.8 Å². The minimum absolute atomic E-state index is 0.00624. The molecule has 3 nitrogen and oxygen atoms in total. The van der Waals surface area contributed by atoms with Gasteiger partial charge in [0, 0.05) is 26.2 Å². The number of hydrogen-bond donors (Lipinski definition) is 1. The first-order valence-corrected chi connectivity index (χ1v) is 4.61. The lowest BCUT2D eigenvalue weighted by atomic mass is 10.1. The number of hydrogen-bond acceptors (Lipinski definition) is 3. The highest BCUT2D eigenvalue weighted by molar-refractivity contribution is 4.78. The van der Waals surface area contributed by atoms with Crippen LogP contribution in [-0.4, -0.2) is 48.5 Å². The standard InChI is InChI=1S/C9H19NO2/c1-9(2)8-10(4-3-6-11)5-7-12-9/h11H,3-8H2,1-2H3. The lowest BCUT2D eigenvalue weighted by molar-refractivity contribution is -0.0866. The molecule has 0 aliphatic carbocycles. The summed E-state index contributed by atoms with van der Waals surface area (Å²) in [5, 5.41) is 8.67. The number of nitrogens with zero attached hydrogens (tertiary/aromatic N) is 1. The fraction of sp³-hybridized carbons (Fsp3) is 1.00. The van der Waals surface area contributed by atoms with E-state index in [0.29, 0.717) is 0 Å². The summed E-state index contributed by atoms with van der Waals surface area (Å²) in [6.45, 7) is 8.30. The van der Waals surface area contributed by atoms with E-state index < -0.39 is 0 Å². The molecule has 0 radical (unpaired) electrons. The number of aliphatic hydroxyl groups excluding tert-OH is 1. The van der Waals surface area contributed by atoms with Gasteiger partial charge in [0.05, 0.1) is 12.2 Å². The summed E-state index contributed by atoms with van der Waals surface area (Å²) >= 11 is 0. The van der Waals surface area contributed by atoms with Gasteiger partial charge in [0.1, 0.15) is 0 Å². The summed E-state index contributed by atoms with van der Waals surface area (Å²) in [6, 6.07) is 0. The summed E-state index contributed by atoms with van der Waals surface area (Å²) in [5.41, 5.74) is -0.00624. The van der Waals surface area contributed by atoms with Gasteiger partial charge in [0.15, 0.2) is 0 Å². The third-order valence-corrected chi connectivity index (χ3v) is 2.14. The van der Waals surface area contributed by atoms with E-state index in [1.165, 1.54) is 0 Å². The third-order valence-electron chi connectivity index (χ3n) is 2.14. The second-order valence-electron chi connectivity index (χ2n) is 3.96. The van der Waals surface area contributed by atoms with Gasteiger partial charge in [-0.15, -0.1) is 0 Å². The molecular formula is C9H19NO2. The monoisotopic (exact) mass is 173 g/mol. The smallest absolute Gasteiger partial charge is 0.0753 e. The molecule has 0 amide bonds. The maximum absolute atomic E-state index is 8.67. The first-order valence-electron chi connectivity index (χ1n) is 4.61. The largest absolute Gasteiger partial charge is 0.396 e. The lowest BCUT2D eigenvalue weighted by Crippen LogP contribution is -2.48. The maximum Gasteiger partial charge on any atom is 0.0753 e. The molecule has 0 bridgehead atoms. The van der Waals surface area contributed by atoms with Gasteiger partial charge in [-0.05, 0) is 20.3 Å². The molecule has 3 heteroatoms. The molecule has 0 aromatic heterocycles. The van der Waals surface area contributed by atoms with Crippen molar-refractivity contribution < 1.29 is 9.84 Å². The molecule has 1 rings (SSSR count). The van der Waals surface area contributed by atoms with Crippen molar-refractivity contribution in [3.63, 3.8) is 0 Å². The highest BCUT2D eigenvalue weighted by Gasteiger charge is 2.26. The first kappa shape index (κ1) is 9.96. The van der Waals surface area contributed by atoms with Gasteiger partial charge < -0.3 is 9.84 Å². The fourth-order valence-electron chi connectivity index (χ4n) is 1.60. The molecule has 1 heterocycles. The van der Waals surface area contributed by atoms with Gasteiger partial charge in [-0.1, -0.05) is 0 Å². The van der Waals surface area contributed by atoms with Crippen molar-refractivity contribution in [3.05, 3.63) is 0 Å². The van der Waals surface area contributed by atoms with E-state index in [4.69, 9.17) is 9.84 Å². The zero-order valence-corrected chi connectivity index (χ0v) is 8.05. The van der Waals surface area contributed by atoms with Crippen LogP contribution in [0.15, 0.2) is 0 Å². The van der Waals surface area contributed by atoms with Crippen molar-refractivity contribution in [2.45, 2.75) is 25.9 Å². The molecule has 1 N–H and O–H groups in total. The van der Waals surface area contributed by atoms with Crippen molar-refractivity contribution in [2.24, 2.45) is 0 Å². The molecule has 0 saturated carbocycles. The summed E-state index contributed by atoms with van der Waals surface area (Å²) in [7, 11) is 0. The normalized spacial score (nSPS) is 24.2. The molecule has 0 atom stereocenters. The summed E-state index contributed by atoms with van der Waals surface area (Å²) < 4.78 is 5.57. The van der Waals surface area contributed by atoms with Crippen molar-refractivity contribution in [1.82, 2.24) is 4.90 Å². The summed E-state index contributed by atoms with van der Waals surface area (Å²) in [4.78, 5) is 2.35. The van der Waals surface area contributed by atoms with Gasteiger partial charge in [0.25, 0.3) is 0 Å². The first-order chi connectivity index (χ1) is 5.64. The second-order valence-corrected chi connectivity index (χ2v) is 3.96. The Morgan fingerprint density at radius 3 is 2.83 bits per heavy atom. The minimum atomic E-state index is -0.00624. The average molecular weight is 173 g/mol. The molecule has 12 heavy (non-hydrogen) atoms. The van der Waals surface area contributed by atoms with E-state index in [9.17, 15) is 0 Å². The highest BCUT2D eigenvalue weighted by Crippen LogP contribution is 2.15. The van der Waals surface area contributed by atoms with E-state index in [1.807, 2.05) is 0 Å². The van der Waals surface area contributed by atoms with Crippen LogP contribution in [0.1, 0.15) is 20.3 Å². The average Bonchev–Trinajstić information content (AvgIpc) is 1.99. The highest BCUT2D eigenvalue weighted by atomic mass is 16.5. The molecule has 72 valence electrons. The SMILES string of the molecule is CC1(C)CN(CCCO)CCO1. The summed E-state index contributed by atoms with van der Waals surface area (Å²) in [6.07, 6.45) is 0.871. The van der Waals surface area contributed by atoms with Gasteiger partial charge in [0.2, 0.25) is 0 Å². The lowest BCUT2D eigenvalue weighted by Gasteiger charge is -2.38. The Bertz CT molecular complexity index is 136. The quantitative estimate of drug-likeness (QED) is 0.674. The molecule has 0 unspecified atom stereocenters. The molecule has 1 fully saturated rings. The molecule has 1 aliphatic heterocycles. The second kappa shape index (κ2) is 4.21. The van der Waals surface area contributed by atoms with Crippen LogP contribution in [-0.2, 0) is 4.74 Å². The van der Waals surface area contributed by atoms with Crippen LogP contribution in [0, 0.1) is 0 Å². The van der Waals surface area contributed by atoms with Gasteiger partial charge >= 0.3 is 0 Å². The van der Waals surface area contributed by atoms with E-state index in [-0.39, 0.29) is 12.2 Å². The van der Waals surface area contributed by atoms with Crippen LogP contribution in [0.2, 0.25) is 0 Å². The molecule has 0 aromatic carbocycles. The van der Waals surface area contributed by atoms with E-state index in [2.05, 4.69) is 18.7 Å². The Morgan fingerprint density at radius 1 is 1.50 bits per heavy atom. The number of ether oxygens (including phenoxy) is 1. The number of aliphatic hydroxyl groups is 1. The minimum Gasteiger partial charge on any atom is -0.396 e. The van der Waals surface area contributed by atoms with Gasteiger partial charge in [-0.3, -0.25) is 4.90 Å². The Labute approximate surface area is 74.3 Å². The molecule has 0 aromatic rings. The Kier molecular flexibility index (Phi) is 3.50. The van der Waals surface area contributed by atoms with E-state index in [0.717, 1.165) is 32.7 Å². The van der Waals surface area contributed by atoms with E-state index in [1.54, 1.807) is 0 Å². The Morgan fingerprint density at radius 2 is 2.25 bits per heavy atom. The van der Waals surface area contributed by atoms with Crippen LogP contribution in [0.4, 0.5) is 0 Å². The van der Waals surface area contributed by atoms with Crippen LogP contribution in [0.5, 0.6) is 0 Å². The zero-order valence-electron chi connectivity index (χ0n) is 8.05. The van der Waals surface area contributed by atoms with Gasteiger partial charge in [-0.2, -0.15) is 0 Å². The summed E-state index contributed by atoms with van der Waals surface area (Å²) in [5.74, 6) is 0. The van der Waals surface area contributed by atoms with Crippen molar-refractivity contribution >= 4 is 0 Å². The van der Waals surface area contributed by atoms with Crippen molar-refractivity contribution in [1.29, 1.82) is 0 Å². The van der Waals surface area contributed by atoms with Crippen LogP contribution < -0.4 is 0 Å². The predicted octanol–water partition coefficient (Wildman–Crippen LogP) is 0.480. The zero-order chi connectivity index (χ0) is 9.03. The van der Waals surface area contributed by atoms with Crippen LogP contribution in [0.3, 0.4) is 0 Å². The molecule has 1 saturated heterocycles. The Hall–Kier alpha value is -0.120. The third kappa shape index (κ3) is 3.09. The topological polar surface area (TPSA) is 32.7 Å². The van der Waals surface area contributed by atoms with Crippen LogP contribution >= 0.6 is 0 Å². The molecular weight excluding hydrogens is 154 g/mol. The van der Waals surface area contributed by atoms with Crippen molar-refractivity contribution in [3.8, 4) is 0 Å². The maximum atomic E-state index is 8.67. The number of morpholine rings is 1. The van der Waals surface area contributed by atoms with Crippen LogP contribution in [0.25, 0.3) is 0 Å². The molecule has 0 spiro atoms. The van der Waals surface area contributed by atoms with E-state index >= 15 is 0 Å². The molecule has 1 aliphatic rings. The van der Waals surface area contributed by atoms with Gasteiger partial charge in [-0.25, -0.2) is 0 Å².